The van der Waals surface area contributed by atoms with Crippen molar-refractivity contribution >= 4 is 0 Å². The third-order valence-electron chi connectivity index (χ3n) is 1.72. The molecule has 1 saturated carbocycles. The van der Waals surface area contributed by atoms with E-state index in [1.165, 1.54) is 0 Å². The van der Waals surface area contributed by atoms with Crippen molar-refractivity contribution in [1.29, 1.82) is 0 Å². The average molecular weight is 136 g/mol. The van der Waals surface area contributed by atoms with Crippen LogP contribution in [0.2, 0.25) is 0 Å². The zero-order valence-electron chi connectivity index (χ0n) is 5.49. The summed E-state index contributed by atoms with van der Waals surface area (Å²) in [4.78, 5) is 4.01. The van der Waals surface area contributed by atoms with Crippen LogP contribution in [0.3, 0.4) is 0 Å². The van der Waals surface area contributed by atoms with Gasteiger partial charge in [-0.25, -0.2) is 4.98 Å². The van der Waals surface area contributed by atoms with Gasteiger partial charge in [-0.15, -0.1) is 5.10 Å². The van der Waals surface area contributed by atoms with Gasteiger partial charge in [-0.1, -0.05) is 0 Å². The van der Waals surface area contributed by atoms with E-state index in [0.29, 0.717) is 5.82 Å². The van der Waals surface area contributed by atoms with E-state index in [-0.39, 0.29) is 5.54 Å². The Kier molecular flexibility index (Phi) is 0.990. The SMILES string of the molecule is NC1(c2nccnn2)CC1. The van der Waals surface area contributed by atoms with E-state index < -0.39 is 0 Å². The summed E-state index contributed by atoms with van der Waals surface area (Å²) < 4.78 is 0. The molecule has 1 heterocycles. The minimum Gasteiger partial charge on any atom is -0.319 e. The van der Waals surface area contributed by atoms with Crippen LogP contribution in [-0.2, 0) is 5.54 Å². The van der Waals surface area contributed by atoms with E-state index in [1.54, 1.807) is 12.4 Å². The Balaban J connectivity index is 2.35. The van der Waals surface area contributed by atoms with Crippen LogP contribution in [0, 0.1) is 0 Å². The Morgan fingerprint density at radius 3 is 2.70 bits per heavy atom. The first kappa shape index (κ1) is 5.73. The summed E-state index contributed by atoms with van der Waals surface area (Å²) in [5, 5.41) is 7.53. The highest BCUT2D eigenvalue weighted by Gasteiger charge is 2.43. The fourth-order valence-corrected chi connectivity index (χ4v) is 0.834. The van der Waals surface area contributed by atoms with Crippen molar-refractivity contribution < 1.29 is 0 Å². The van der Waals surface area contributed by atoms with Gasteiger partial charge in [0.1, 0.15) is 0 Å². The maximum absolute atomic E-state index is 5.80. The summed E-state index contributed by atoms with van der Waals surface area (Å²) in [7, 11) is 0. The highest BCUT2D eigenvalue weighted by molar-refractivity contribution is 5.12. The lowest BCUT2D eigenvalue weighted by molar-refractivity contribution is 0.648. The minimum absolute atomic E-state index is 0.242. The number of hydrogen-bond acceptors (Lipinski definition) is 4. The average Bonchev–Trinajstić information content (AvgIpc) is 2.72. The van der Waals surface area contributed by atoms with Crippen LogP contribution in [0.5, 0.6) is 0 Å². The molecule has 1 fully saturated rings. The van der Waals surface area contributed by atoms with Gasteiger partial charge in [-0.2, -0.15) is 5.10 Å². The van der Waals surface area contributed by atoms with Crippen LogP contribution in [0.1, 0.15) is 18.7 Å². The molecule has 2 N–H and O–H groups in total. The summed E-state index contributed by atoms with van der Waals surface area (Å²) in [6, 6.07) is 0. The molecule has 0 unspecified atom stereocenters. The molecule has 0 aromatic carbocycles. The van der Waals surface area contributed by atoms with Crippen molar-refractivity contribution in [2.75, 3.05) is 0 Å². The lowest BCUT2D eigenvalue weighted by atomic mass is 10.3. The van der Waals surface area contributed by atoms with Gasteiger partial charge < -0.3 is 5.73 Å². The van der Waals surface area contributed by atoms with E-state index in [9.17, 15) is 0 Å². The quantitative estimate of drug-likeness (QED) is 0.581. The lowest BCUT2D eigenvalue weighted by Gasteiger charge is -2.02. The van der Waals surface area contributed by atoms with E-state index in [1.807, 2.05) is 0 Å². The third kappa shape index (κ3) is 0.769. The zero-order chi connectivity index (χ0) is 7.03. The van der Waals surface area contributed by atoms with Crippen molar-refractivity contribution in [3.8, 4) is 0 Å². The number of nitrogens with zero attached hydrogens (tertiary/aromatic N) is 3. The Labute approximate surface area is 58.5 Å². The predicted molar refractivity (Wildman–Crippen MR) is 34.9 cm³/mol. The Morgan fingerprint density at radius 1 is 1.40 bits per heavy atom. The largest absolute Gasteiger partial charge is 0.319 e. The molecule has 2 rings (SSSR count). The number of nitrogens with two attached hydrogens (primary N) is 1. The first-order valence-corrected chi connectivity index (χ1v) is 3.24. The monoisotopic (exact) mass is 136 g/mol. The normalized spacial score (nSPS) is 20.5. The van der Waals surface area contributed by atoms with Gasteiger partial charge in [0, 0.05) is 6.20 Å². The Hall–Kier alpha value is -1.03. The molecule has 0 radical (unpaired) electrons. The Bertz CT molecular complexity index is 229. The molecule has 1 aliphatic carbocycles. The van der Waals surface area contributed by atoms with Crippen LogP contribution in [-0.4, -0.2) is 15.2 Å². The molecule has 0 saturated heterocycles. The molecule has 4 heteroatoms. The van der Waals surface area contributed by atoms with E-state index in [0.717, 1.165) is 12.8 Å². The van der Waals surface area contributed by atoms with Gasteiger partial charge in [0.05, 0.1) is 11.7 Å². The summed E-state index contributed by atoms with van der Waals surface area (Å²) >= 11 is 0. The highest BCUT2D eigenvalue weighted by atomic mass is 15.2. The number of rotatable bonds is 1. The molecule has 1 aromatic rings. The van der Waals surface area contributed by atoms with E-state index in [2.05, 4.69) is 15.2 Å². The second kappa shape index (κ2) is 1.73. The number of aromatic nitrogens is 3. The third-order valence-corrected chi connectivity index (χ3v) is 1.72. The van der Waals surface area contributed by atoms with Gasteiger partial charge in [0.2, 0.25) is 0 Å². The predicted octanol–water partition coefficient (Wildman–Crippen LogP) is -0.181. The van der Waals surface area contributed by atoms with Gasteiger partial charge in [-0.05, 0) is 12.8 Å². The van der Waals surface area contributed by atoms with Gasteiger partial charge >= 0.3 is 0 Å². The smallest absolute Gasteiger partial charge is 0.170 e. The second-order valence-electron chi connectivity index (χ2n) is 2.62. The topological polar surface area (TPSA) is 64.7 Å². The molecule has 52 valence electrons. The maximum atomic E-state index is 5.80. The van der Waals surface area contributed by atoms with Crippen molar-refractivity contribution in [2.45, 2.75) is 18.4 Å². The molecule has 0 spiro atoms. The molecule has 4 nitrogen and oxygen atoms in total. The van der Waals surface area contributed by atoms with Crippen LogP contribution in [0.4, 0.5) is 0 Å². The van der Waals surface area contributed by atoms with Crippen LogP contribution >= 0.6 is 0 Å². The fourth-order valence-electron chi connectivity index (χ4n) is 0.834. The van der Waals surface area contributed by atoms with Crippen LogP contribution < -0.4 is 5.73 Å². The van der Waals surface area contributed by atoms with E-state index in [4.69, 9.17) is 5.73 Å². The molecule has 0 amide bonds. The molecule has 0 atom stereocenters. The molecule has 1 aromatic heterocycles. The van der Waals surface area contributed by atoms with Gasteiger partial charge in [0.15, 0.2) is 5.82 Å². The molecule has 0 bridgehead atoms. The number of hydrogen-bond donors (Lipinski definition) is 1. The van der Waals surface area contributed by atoms with Crippen molar-refractivity contribution in [3.63, 3.8) is 0 Å². The second-order valence-corrected chi connectivity index (χ2v) is 2.62. The van der Waals surface area contributed by atoms with Gasteiger partial charge in [-0.3, -0.25) is 0 Å². The highest BCUT2D eigenvalue weighted by Crippen LogP contribution is 2.39. The maximum Gasteiger partial charge on any atom is 0.170 e. The summed E-state index contributed by atoms with van der Waals surface area (Å²) in [5.41, 5.74) is 5.56. The summed E-state index contributed by atoms with van der Waals surface area (Å²) in [5.74, 6) is 0.676. The molecule has 10 heavy (non-hydrogen) atoms. The lowest BCUT2D eigenvalue weighted by Crippen LogP contribution is -2.22. The van der Waals surface area contributed by atoms with Crippen molar-refractivity contribution in [1.82, 2.24) is 15.2 Å². The zero-order valence-corrected chi connectivity index (χ0v) is 5.49. The van der Waals surface area contributed by atoms with Crippen LogP contribution in [0.25, 0.3) is 0 Å². The van der Waals surface area contributed by atoms with Gasteiger partial charge in [0.25, 0.3) is 0 Å². The first-order valence-electron chi connectivity index (χ1n) is 3.24. The molecule has 1 aliphatic rings. The minimum atomic E-state index is -0.242. The van der Waals surface area contributed by atoms with Crippen molar-refractivity contribution in [2.24, 2.45) is 5.73 Å². The first-order chi connectivity index (χ1) is 4.81. The fraction of sp³-hybridized carbons (Fsp3) is 0.500. The molecular formula is C6H8N4. The summed E-state index contributed by atoms with van der Waals surface area (Å²) in [6.07, 6.45) is 5.14. The molecular weight excluding hydrogens is 128 g/mol. The van der Waals surface area contributed by atoms with E-state index >= 15 is 0 Å². The van der Waals surface area contributed by atoms with Crippen molar-refractivity contribution in [3.05, 3.63) is 18.2 Å². The van der Waals surface area contributed by atoms with Crippen LogP contribution in [0.15, 0.2) is 12.4 Å². The summed E-state index contributed by atoms with van der Waals surface area (Å²) in [6.45, 7) is 0. The molecule has 0 aliphatic heterocycles. The standard InChI is InChI=1S/C6H8N4/c7-6(1-2-6)5-8-3-4-9-10-5/h3-4H,1-2,7H2. The Morgan fingerprint density at radius 2 is 2.20 bits per heavy atom.